The van der Waals surface area contributed by atoms with Crippen LogP contribution in [-0.2, 0) is 10.9 Å². The summed E-state index contributed by atoms with van der Waals surface area (Å²) in [5.74, 6) is 0.806. The predicted molar refractivity (Wildman–Crippen MR) is 140 cm³/mol. The van der Waals surface area contributed by atoms with Gasteiger partial charge in [-0.25, -0.2) is 0 Å². The van der Waals surface area contributed by atoms with Gasteiger partial charge < -0.3 is 19.8 Å². The lowest BCUT2D eigenvalue weighted by atomic mass is 9.91. The molecule has 2 aliphatic rings. The van der Waals surface area contributed by atoms with Crippen molar-refractivity contribution >= 4 is 16.6 Å². The summed E-state index contributed by atoms with van der Waals surface area (Å²) in [6.45, 7) is 1.40. The van der Waals surface area contributed by atoms with E-state index < -0.39 is 11.7 Å². The lowest BCUT2D eigenvalue weighted by molar-refractivity contribution is -0.137. The molecule has 0 amide bonds. The zero-order chi connectivity index (χ0) is 25.6. The van der Waals surface area contributed by atoms with E-state index in [0.717, 1.165) is 83.3 Å². The highest BCUT2D eigenvalue weighted by molar-refractivity contribution is 6.05. The van der Waals surface area contributed by atoms with E-state index in [1.807, 2.05) is 36.4 Å². The maximum absolute atomic E-state index is 13.3. The summed E-state index contributed by atoms with van der Waals surface area (Å²) in [4.78, 5) is 0. The lowest BCUT2D eigenvalue weighted by Crippen LogP contribution is -2.25. The van der Waals surface area contributed by atoms with Gasteiger partial charge in [0.25, 0.3) is 0 Å². The average molecular weight is 507 g/mol. The number of alkyl halides is 3. The largest absolute Gasteiger partial charge is 0.490 e. The van der Waals surface area contributed by atoms with Crippen LogP contribution < -0.4 is 10.5 Å². The minimum atomic E-state index is -4.38. The summed E-state index contributed by atoms with van der Waals surface area (Å²) in [6, 6.07) is 19.6. The first kappa shape index (κ1) is 23.9. The van der Waals surface area contributed by atoms with Crippen LogP contribution in [0.4, 0.5) is 18.9 Å². The predicted octanol–water partition coefficient (Wildman–Crippen LogP) is 7.86. The first-order valence-corrected chi connectivity index (χ1v) is 12.8. The Bertz CT molecular complexity index is 1400. The van der Waals surface area contributed by atoms with Gasteiger partial charge in [-0.3, -0.25) is 0 Å². The summed E-state index contributed by atoms with van der Waals surface area (Å²) in [5.41, 5.74) is 10.7. The molecule has 4 nitrogen and oxygen atoms in total. The van der Waals surface area contributed by atoms with Gasteiger partial charge in [-0.2, -0.15) is 13.2 Å². The van der Waals surface area contributed by atoms with Gasteiger partial charge >= 0.3 is 6.18 Å². The fraction of sp³-hybridized carbons (Fsp3) is 0.333. The molecule has 3 aromatic carbocycles. The van der Waals surface area contributed by atoms with Gasteiger partial charge in [0, 0.05) is 41.6 Å². The summed E-state index contributed by atoms with van der Waals surface area (Å²) < 4.78 is 54.1. The van der Waals surface area contributed by atoms with Crippen LogP contribution in [0.1, 0.15) is 43.7 Å². The molecule has 192 valence electrons. The van der Waals surface area contributed by atoms with Crippen LogP contribution in [0.15, 0.2) is 66.7 Å². The zero-order valence-corrected chi connectivity index (χ0v) is 20.4. The van der Waals surface area contributed by atoms with E-state index in [9.17, 15) is 13.2 Å². The van der Waals surface area contributed by atoms with Crippen molar-refractivity contribution in [2.45, 2.75) is 50.4 Å². The molecule has 0 bridgehead atoms. The first-order valence-electron chi connectivity index (χ1n) is 12.8. The van der Waals surface area contributed by atoms with E-state index >= 15 is 0 Å². The van der Waals surface area contributed by atoms with Crippen LogP contribution in [-0.4, -0.2) is 23.9 Å². The lowest BCUT2D eigenvalue weighted by Gasteiger charge is -2.30. The van der Waals surface area contributed by atoms with Crippen LogP contribution in [0.3, 0.4) is 0 Å². The molecule has 2 N–H and O–H groups in total. The smallest absolute Gasteiger partial charge is 0.416 e. The van der Waals surface area contributed by atoms with Crippen molar-refractivity contribution in [2.24, 2.45) is 0 Å². The topological polar surface area (TPSA) is 49.4 Å². The number of rotatable bonds is 5. The SMILES string of the molecule is Nc1ccc(-c2c(-c3ccc(C(F)(F)F)cc3)c3ccc(OC4CCOCC4)cc3n2C2CCC2)cc1. The number of nitrogens with zero attached hydrogens (tertiary/aromatic N) is 1. The molecule has 1 saturated carbocycles. The average Bonchev–Trinajstić information content (AvgIpc) is 3.18. The second-order valence-corrected chi connectivity index (χ2v) is 9.98. The van der Waals surface area contributed by atoms with Crippen LogP contribution >= 0.6 is 0 Å². The van der Waals surface area contributed by atoms with Gasteiger partial charge in [0.2, 0.25) is 0 Å². The molecule has 0 radical (unpaired) electrons. The third-order valence-electron chi connectivity index (χ3n) is 7.57. The number of halogens is 3. The zero-order valence-electron chi connectivity index (χ0n) is 20.4. The van der Waals surface area contributed by atoms with Crippen LogP contribution in [0, 0.1) is 0 Å². The van der Waals surface area contributed by atoms with E-state index in [1.165, 1.54) is 0 Å². The number of nitrogens with two attached hydrogens (primary N) is 1. The summed E-state index contributed by atoms with van der Waals surface area (Å²) in [7, 11) is 0. The number of aromatic nitrogens is 1. The molecule has 0 spiro atoms. The van der Waals surface area contributed by atoms with Gasteiger partial charge in [0.05, 0.1) is 30.0 Å². The van der Waals surface area contributed by atoms with Crippen molar-refractivity contribution in [1.82, 2.24) is 4.57 Å². The van der Waals surface area contributed by atoms with E-state index in [2.05, 4.69) is 10.6 Å². The minimum Gasteiger partial charge on any atom is -0.490 e. The second-order valence-electron chi connectivity index (χ2n) is 9.98. The van der Waals surface area contributed by atoms with Crippen LogP contribution in [0.5, 0.6) is 5.75 Å². The van der Waals surface area contributed by atoms with Gasteiger partial charge in [-0.05, 0) is 66.8 Å². The quantitative estimate of drug-likeness (QED) is 0.280. The Morgan fingerprint density at radius 2 is 1.51 bits per heavy atom. The molecule has 1 aliphatic heterocycles. The minimum absolute atomic E-state index is 0.115. The number of hydrogen-bond acceptors (Lipinski definition) is 3. The van der Waals surface area contributed by atoms with E-state index in [1.54, 1.807) is 12.1 Å². The molecule has 4 aromatic rings. The third-order valence-corrected chi connectivity index (χ3v) is 7.57. The highest BCUT2D eigenvalue weighted by Crippen LogP contribution is 2.48. The molecule has 2 fully saturated rings. The highest BCUT2D eigenvalue weighted by atomic mass is 19.4. The van der Waals surface area contributed by atoms with E-state index in [4.69, 9.17) is 15.2 Å². The van der Waals surface area contributed by atoms with Crippen LogP contribution in [0.25, 0.3) is 33.3 Å². The third kappa shape index (κ3) is 4.57. The number of fused-ring (bicyclic) bond motifs is 1. The Labute approximate surface area is 213 Å². The Kier molecular flexibility index (Phi) is 6.11. The van der Waals surface area contributed by atoms with Crippen molar-refractivity contribution in [3.63, 3.8) is 0 Å². The normalized spacial score (nSPS) is 17.2. The summed E-state index contributed by atoms with van der Waals surface area (Å²) in [6.07, 6.45) is 0.717. The molecule has 0 atom stereocenters. The fourth-order valence-electron chi connectivity index (χ4n) is 5.42. The molecular formula is C30H29F3N2O2. The maximum Gasteiger partial charge on any atom is 0.416 e. The fourth-order valence-corrected chi connectivity index (χ4v) is 5.42. The van der Waals surface area contributed by atoms with Crippen molar-refractivity contribution in [3.8, 4) is 28.1 Å². The van der Waals surface area contributed by atoms with Crippen molar-refractivity contribution in [3.05, 3.63) is 72.3 Å². The molecule has 1 aliphatic carbocycles. The molecule has 1 aromatic heterocycles. The van der Waals surface area contributed by atoms with Crippen molar-refractivity contribution in [2.75, 3.05) is 18.9 Å². The second kappa shape index (κ2) is 9.45. The van der Waals surface area contributed by atoms with E-state index in [0.29, 0.717) is 24.9 Å². The number of anilines is 1. The van der Waals surface area contributed by atoms with E-state index in [-0.39, 0.29) is 6.10 Å². The summed E-state index contributed by atoms with van der Waals surface area (Å²) >= 11 is 0. The first-order chi connectivity index (χ1) is 17.9. The summed E-state index contributed by atoms with van der Waals surface area (Å²) in [5, 5.41) is 0.998. The molecular weight excluding hydrogens is 477 g/mol. The highest BCUT2D eigenvalue weighted by Gasteiger charge is 2.32. The number of nitrogen functional groups attached to an aromatic ring is 1. The molecule has 37 heavy (non-hydrogen) atoms. The van der Waals surface area contributed by atoms with Gasteiger partial charge in [0.1, 0.15) is 11.9 Å². The van der Waals surface area contributed by atoms with Gasteiger partial charge in [-0.15, -0.1) is 0 Å². The number of hydrogen-bond donors (Lipinski definition) is 1. The Morgan fingerprint density at radius 1 is 0.838 bits per heavy atom. The van der Waals surface area contributed by atoms with Crippen LogP contribution in [0.2, 0.25) is 0 Å². The standard InChI is InChI=1S/C30H29F3N2O2/c31-30(32,33)21-8-4-19(5-9-21)28-26-13-12-25(37-24-14-16-36-17-15-24)18-27(26)35(23-2-1-3-23)29(28)20-6-10-22(34)11-7-20/h4-13,18,23-24H,1-3,14-17,34H2. The van der Waals surface area contributed by atoms with Crippen molar-refractivity contribution < 1.29 is 22.6 Å². The number of benzene rings is 3. The Hall–Kier alpha value is -3.45. The Balaban J connectivity index is 1.55. The number of ether oxygens (including phenoxy) is 2. The van der Waals surface area contributed by atoms with Gasteiger partial charge in [0.15, 0.2) is 0 Å². The molecule has 7 heteroatoms. The van der Waals surface area contributed by atoms with Crippen molar-refractivity contribution in [1.29, 1.82) is 0 Å². The monoisotopic (exact) mass is 506 g/mol. The Morgan fingerprint density at radius 3 is 2.14 bits per heavy atom. The molecule has 2 heterocycles. The molecule has 1 saturated heterocycles. The molecule has 0 unspecified atom stereocenters. The maximum atomic E-state index is 13.3. The molecule has 6 rings (SSSR count). The van der Waals surface area contributed by atoms with Gasteiger partial charge in [-0.1, -0.05) is 24.3 Å².